The summed E-state index contributed by atoms with van der Waals surface area (Å²) < 4.78 is 0. The van der Waals surface area contributed by atoms with Crippen LogP contribution in [0.2, 0.25) is 0 Å². The van der Waals surface area contributed by atoms with Crippen LogP contribution in [-0.4, -0.2) is 16.5 Å². The third-order valence-electron chi connectivity index (χ3n) is 4.35. The minimum absolute atomic E-state index is 0.171. The van der Waals surface area contributed by atoms with Gasteiger partial charge >= 0.3 is 0 Å². The van der Waals surface area contributed by atoms with Crippen molar-refractivity contribution in [3.05, 3.63) is 59.7 Å². The first-order valence-corrected chi connectivity index (χ1v) is 7.98. The molecule has 1 N–H and O–H groups in total. The van der Waals surface area contributed by atoms with Crippen molar-refractivity contribution in [3.8, 4) is 0 Å². The fourth-order valence-electron chi connectivity index (χ4n) is 3.00. The number of hydrogen-bond donors (Lipinski definition) is 1. The van der Waals surface area contributed by atoms with Crippen LogP contribution in [0.3, 0.4) is 0 Å². The Balaban J connectivity index is 1.96. The van der Waals surface area contributed by atoms with Gasteiger partial charge in [-0.1, -0.05) is 37.6 Å². The zero-order chi connectivity index (χ0) is 14.5. The lowest BCUT2D eigenvalue weighted by atomic mass is 9.77. The fourth-order valence-corrected chi connectivity index (χ4v) is 3.00. The lowest BCUT2D eigenvalue weighted by molar-refractivity contribution is 0.413. The molecule has 3 nitrogen and oxygen atoms in total. The maximum absolute atomic E-state index is 4.48. The van der Waals surface area contributed by atoms with Crippen LogP contribution in [0.15, 0.2) is 42.9 Å². The van der Waals surface area contributed by atoms with Gasteiger partial charge < -0.3 is 5.32 Å². The van der Waals surface area contributed by atoms with E-state index < -0.39 is 0 Å². The first-order valence-electron chi connectivity index (χ1n) is 7.98. The topological polar surface area (TPSA) is 37.8 Å². The second-order valence-electron chi connectivity index (χ2n) is 5.78. The van der Waals surface area contributed by atoms with Crippen LogP contribution in [0, 0.1) is 0 Å². The van der Waals surface area contributed by atoms with Crippen molar-refractivity contribution in [2.45, 2.75) is 44.6 Å². The summed E-state index contributed by atoms with van der Waals surface area (Å²) in [5.74, 6) is 0.731. The molecule has 2 aromatic rings. The molecule has 3 rings (SSSR count). The standard InChI is InChI=1S/C18H23N3/c1-2-11-20-18(17-10-12-19-13-21-17)16-9-4-3-8-15(16)14-6-5-7-14/h3-4,8-10,12-14,18,20H,2,5-7,11H2,1H3. The van der Waals surface area contributed by atoms with Gasteiger partial charge in [0.1, 0.15) is 6.33 Å². The first kappa shape index (κ1) is 14.2. The molecule has 0 spiro atoms. The summed E-state index contributed by atoms with van der Waals surface area (Å²) in [7, 11) is 0. The fraction of sp³-hybridized carbons (Fsp3) is 0.444. The van der Waals surface area contributed by atoms with Crippen LogP contribution in [0.5, 0.6) is 0 Å². The lowest BCUT2D eigenvalue weighted by Gasteiger charge is -2.30. The molecule has 1 unspecified atom stereocenters. The summed E-state index contributed by atoms with van der Waals surface area (Å²) in [6, 6.07) is 11.0. The van der Waals surface area contributed by atoms with E-state index in [-0.39, 0.29) is 6.04 Å². The maximum Gasteiger partial charge on any atom is 0.115 e. The Morgan fingerprint density at radius 1 is 1.24 bits per heavy atom. The van der Waals surface area contributed by atoms with Gasteiger partial charge in [0.05, 0.1) is 11.7 Å². The molecule has 1 aliphatic rings. The summed E-state index contributed by atoms with van der Waals surface area (Å²) in [4.78, 5) is 8.53. The molecule has 3 heteroatoms. The highest BCUT2D eigenvalue weighted by Gasteiger charge is 2.25. The van der Waals surface area contributed by atoms with Gasteiger partial charge in [0.2, 0.25) is 0 Å². The highest BCUT2D eigenvalue weighted by Crippen LogP contribution is 2.40. The van der Waals surface area contributed by atoms with Gasteiger partial charge in [0.25, 0.3) is 0 Å². The Hall–Kier alpha value is -1.74. The predicted molar refractivity (Wildman–Crippen MR) is 85.2 cm³/mol. The molecule has 1 aromatic heterocycles. The van der Waals surface area contributed by atoms with E-state index in [0.717, 1.165) is 24.6 Å². The van der Waals surface area contributed by atoms with Crippen LogP contribution >= 0.6 is 0 Å². The van der Waals surface area contributed by atoms with E-state index in [2.05, 4.69) is 46.5 Å². The zero-order valence-corrected chi connectivity index (χ0v) is 12.6. The minimum Gasteiger partial charge on any atom is -0.305 e. The predicted octanol–water partition coefficient (Wildman–Crippen LogP) is 3.83. The molecule has 1 atom stereocenters. The summed E-state index contributed by atoms with van der Waals surface area (Å²) in [5.41, 5.74) is 3.94. The Labute approximate surface area is 126 Å². The first-order chi connectivity index (χ1) is 10.4. The zero-order valence-electron chi connectivity index (χ0n) is 12.6. The molecular formula is C18H23N3. The number of aromatic nitrogens is 2. The molecule has 1 fully saturated rings. The average molecular weight is 281 g/mol. The number of nitrogens with one attached hydrogen (secondary N) is 1. The number of hydrogen-bond acceptors (Lipinski definition) is 3. The molecule has 0 amide bonds. The quantitative estimate of drug-likeness (QED) is 0.874. The maximum atomic E-state index is 4.48. The monoisotopic (exact) mass is 281 g/mol. The van der Waals surface area contributed by atoms with Gasteiger partial charge in [-0.05, 0) is 48.9 Å². The van der Waals surface area contributed by atoms with Crippen molar-refractivity contribution < 1.29 is 0 Å². The Bertz CT molecular complexity index is 564. The molecule has 1 aromatic carbocycles. The van der Waals surface area contributed by atoms with Crippen LogP contribution in [0.1, 0.15) is 61.4 Å². The van der Waals surface area contributed by atoms with E-state index in [9.17, 15) is 0 Å². The summed E-state index contributed by atoms with van der Waals surface area (Å²) >= 11 is 0. The third-order valence-corrected chi connectivity index (χ3v) is 4.35. The Kier molecular flexibility index (Phi) is 4.61. The third kappa shape index (κ3) is 3.13. The average Bonchev–Trinajstić information content (AvgIpc) is 2.48. The number of benzene rings is 1. The highest BCUT2D eigenvalue weighted by atomic mass is 15.0. The minimum atomic E-state index is 0.171. The molecule has 21 heavy (non-hydrogen) atoms. The van der Waals surface area contributed by atoms with Crippen LogP contribution < -0.4 is 5.32 Å². The highest BCUT2D eigenvalue weighted by molar-refractivity contribution is 5.38. The second kappa shape index (κ2) is 6.81. The van der Waals surface area contributed by atoms with Crippen molar-refractivity contribution in [1.29, 1.82) is 0 Å². The van der Waals surface area contributed by atoms with Crippen molar-refractivity contribution in [2.75, 3.05) is 6.54 Å². The molecule has 0 saturated heterocycles. The smallest absolute Gasteiger partial charge is 0.115 e. The van der Waals surface area contributed by atoms with Crippen LogP contribution in [-0.2, 0) is 0 Å². The van der Waals surface area contributed by atoms with Gasteiger partial charge in [0.15, 0.2) is 0 Å². The van der Waals surface area contributed by atoms with E-state index in [4.69, 9.17) is 0 Å². The molecule has 1 aliphatic carbocycles. The number of nitrogens with zero attached hydrogens (tertiary/aromatic N) is 2. The molecular weight excluding hydrogens is 258 g/mol. The van der Waals surface area contributed by atoms with E-state index in [0.29, 0.717) is 0 Å². The van der Waals surface area contributed by atoms with Gasteiger partial charge in [-0.3, -0.25) is 0 Å². The molecule has 0 bridgehead atoms. The molecule has 0 radical (unpaired) electrons. The second-order valence-corrected chi connectivity index (χ2v) is 5.78. The van der Waals surface area contributed by atoms with Crippen LogP contribution in [0.4, 0.5) is 0 Å². The van der Waals surface area contributed by atoms with Crippen molar-refractivity contribution in [3.63, 3.8) is 0 Å². The number of rotatable bonds is 6. The van der Waals surface area contributed by atoms with Gasteiger partial charge in [0, 0.05) is 6.20 Å². The van der Waals surface area contributed by atoms with Crippen molar-refractivity contribution in [2.24, 2.45) is 0 Å². The molecule has 110 valence electrons. The Morgan fingerprint density at radius 3 is 2.76 bits per heavy atom. The van der Waals surface area contributed by atoms with E-state index in [1.54, 1.807) is 6.33 Å². The normalized spacial score (nSPS) is 16.4. The summed E-state index contributed by atoms with van der Waals surface area (Å²) in [5, 5.41) is 3.66. The van der Waals surface area contributed by atoms with Crippen molar-refractivity contribution >= 4 is 0 Å². The Morgan fingerprint density at radius 2 is 2.10 bits per heavy atom. The van der Waals surface area contributed by atoms with Gasteiger partial charge in [-0.15, -0.1) is 0 Å². The lowest BCUT2D eigenvalue weighted by Crippen LogP contribution is -2.26. The van der Waals surface area contributed by atoms with E-state index in [1.807, 2.05) is 12.3 Å². The van der Waals surface area contributed by atoms with E-state index in [1.165, 1.54) is 30.4 Å². The molecule has 0 aliphatic heterocycles. The van der Waals surface area contributed by atoms with Gasteiger partial charge in [-0.2, -0.15) is 0 Å². The SMILES string of the molecule is CCCNC(c1ccncn1)c1ccccc1C1CCC1. The van der Waals surface area contributed by atoms with Crippen LogP contribution in [0.25, 0.3) is 0 Å². The summed E-state index contributed by atoms with van der Waals surface area (Å²) in [6.45, 7) is 3.19. The molecule has 1 saturated carbocycles. The van der Waals surface area contributed by atoms with Crippen molar-refractivity contribution in [1.82, 2.24) is 15.3 Å². The largest absolute Gasteiger partial charge is 0.305 e. The van der Waals surface area contributed by atoms with Gasteiger partial charge in [-0.25, -0.2) is 9.97 Å². The van der Waals surface area contributed by atoms with E-state index >= 15 is 0 Å². The molecule has 1 heterocycles. The summed E-state index contributed by atoms with van der Waals surface area (Å²) in [6.07, 6.45) is 8.59.